The van der Waals surface area contributed by atoms with Crippen LogP contribution in [0.3, 0.4) is 0 Å². The third kappa shape index (κ3) is 3.80. The summed E-state index contributed by atoms with van der Waals surface area (Å²) in [6.07, 6.45) is 1.63. The molecule has 0 bridgehead atoms. The number of hydrogen-bond donors (Lipinski definition) is 2. The van der Waals surface area contributed by atoms with Crippen molar-refractivity contribution in [3.63, 3.8) is 0 Å². The number of carbonyl (C=O) groups is 1. The maximum atomic E-state index is 10.7. The standard InChI is InChI=1S/C20H20N4O2/c1-24(11-10-14-6-8-15(13-25)9-7-14)18-12-17(22-23-20(18)21)16-4-2-3-5-19(16)26/h2-9,12-13,26H,10-11H2,1H3,(H2,21,23). The van der Waals surface area contributed by atoms with Gasteiger partial charge in [-0.2, -0.15) is 0 Å². The molecule has 3 N–H and O–H groups in total. The number of nitrogens with zero attached hydrogens (tertiary/aromatic N) is 3. The highest BCUT2D eigenvalue weighted by atomic mass is 16.3. The molecule has 0 spiro atoms. The summed E-state index contributed by atoms with van der Waals surface area (Å²) in [5, 5.41) is 18.1. The van der Waals surface area contributed by atoms with Gasteiger partial charge in [0.15, 0.2) is 5.82 Å². The Morgan fingerprint density at radius 3 is 2.54 bits per heavy atom. The molecule has 3 rings (SSSR count). The van der Waals surface area contributed by atoms with Crippen LogP contribution in [-0.4, -0.2) is 35.2 Å². The van der Waals surface area contributed by atoms with E-state index in [0.717, 1.165) is 30.5 Å². The fourth-order valence-electron chi connectivity index (χ4n) is 2.70. The van der Waals surface area contributed by atoms with Crippen molar-refractivity contribution in [1.82, 2.24) is 10.2 Å². The van der Waals surface area contributed by atoms with Gasteiger partial charge in [0.05, 0.1) is 11.4 Å². The molecule has 0 aliphatic rings. The zero-order chi connectivity index (χ0) is 18.5. The van der Waals surface area contributed by atoms with Gasteiger partial charge in [0.25, 0.3) is 0 Å². The van der Waals surface area contributed by atoms with Gasteiger partial charge in [-0.25, -0.2) is 0 Å². The molecule has 0 aliphatic heterocycles. The van der Waals surface area contributed by atoms with Crippen LogP contribution in [0.15, 0.2) is 54.6 Å². The normalized spacial score (nSPS) is 10.5. The second kappa shape index (κ2) is 7.65. The number of phenols is 1. The number of rotatable bonds is 6. The van der Waals surface area contributed by atoms with Crippen LogP contribution < -0.4 is 10.6 Å². The molecule has 0 saturated carbocycles. The third-order valence-corrected chi connectivity index (χ3v) is 4.24. The number of para-hydroxylation sites is 1. The van der Waals surface area contributed by atoms with Crippen molar-refractivity contribution in [2.24, 2.45) is 0 Å². The molecule has 0 fully saturated rings. The average Bonchev–Trinajstić information content (AvgIpc) is 2.67. The second-order valence-electron chi connectivity index (χ2n) is 6.05. The quantitative estimate of drug-likeness (QED) is 0.666. The smallest absolute Gasteiger partial charge is 0.169 e. The minimum Gasteiger partial charge on any atom is -0.507 e. The zero-order valence-corrected chi connectivity index (χ0v) is 14.5. The molecule has 0 saturated heterocycles. The first-order valence-corrected chi connectivity index (χ1v) is 8.25. The Balaban J connectivity index is 1.78. The monoisotopic (exact) mass is 348 g/mol. The molecule has 2 aromatic carbocycles. The molecule has 132 valence electrons. The number of aromatic hydroxyl groups is 1. The molecular formula is C20H20N4O2. The van der Waals surface area contributed by atoms with Crippen molar-refractivity contribution in [2.45, 2.75) is 6.42 Å². The first-order chi connectivity index (χ1) is 12.6. The molecule has 6 heteroatoms. The number of likely N-dealkylation sites (N-methyl/N-ethyl adjacent to an activating group) is 1. The minimum absolute atomic E-state index is 0.149. The lowest BCUT2D eigenvalue weighted by Crippen LogP contribution is -2.22. The Hall–Kier alpha value is -3.41. The first kappa shape index (κ1) is 17.4. The summed E-state index contributed by atoms with van der Waals surface area (Å²) < 4.78 is 0. The van der Waals surface area contributed by atoms with Crippen molar-refractivity contribution in [3.8, 4) is 17.0 Å². The van der Waals surface area contributed by atoms with E-state index in [9.17, 15) is 9.90 Å². The summed E-state index contributed by atoms with van der Waals surface area (Å²) in [4.78, 5) is 12.7. The number of carbonyl (C=O) groups excluding carboxylic acids is 1. The van der Waals surface area contributed by atoms with Crippen LogP contribution in [0.25, 0.3) is 11.3 Å². The van der Waals surface area contributed by atoms with Crippen LogP contribution in [0.1, 0.15) is 15.9 Å². The number of phenolic OH excluding ortho intramolecular Hbond substituents is 1. The van der Waals surface area contributed by atoms with Crippen molar-refractivity contribution in [1.29, 1.82) is 0 Å². The summed E-state index contributed by atoms with van der Waals surface area (Å²) in [5.74, 6) is 0.485. The van der Waals surface area contributed by atoms with E-state index in [0.29, 0.717) is 22.6 Å². The molecule has 0 radical (unpaired) electrons. The summed E-state index contributed by atoms with van der Waals surface area (Å²) in [5.41, 5.74) is 9.72. The van der Waals surface area contributed by atoms with E-state index in [-0.39, 0.29) is 5.75 Å². The number of aldehydes is 1. The van der Waals surface area contributed by atoms with Crippen molar-refractivity contribution in [2.75, 3.05) is 24.2 Å². The summed E-state index contributed by atoms with van der Waals surface area (Å²) in [6.45, 7) is 0.719. The molecular weight excluding hydrogens is 328 g/mol. The van der Waals surface area contributed by atoms with Crippen LogP contribution in [0.4, 0.5) is 11.5 Å². The summed E-state index contributed by atoms with van der Waals surface area (Å²) >= 11 is 0. The Kier molecular flexibility index (Phi) is 5.12. The average molecular weight is 348 g/mol. The van der Waals surface area contributed by atoms with Crippen LogP contribution in [0.5, 0.6) is 5.75 Å². The van der Waals surface area contributed by atoms with Gasteiger partial charge >= 0.3 is 0 Å². The number of aromatic nitrogens is 2. The van der Waals surface area contributed by atoms with E-state index in [1.54, 1.807) is 30.3 Å². The highest BCUT2D eigenvalue weighted by Crippen LogP contribution is 2.30. The SMILES string of the molecule is CN(CCc1ccc(C=O)cc1)c1cc(-c2ccccc2O)nnc1N. The predicted molar refractivity (Wildman–Crippen MR) is 102 cm³/mol. The van der Waals surface area contributed by atoms with E-state index in [4.69, 9.17) is 5.73 Å². The Morgan fingerprint density at radius 2 is 1.85 bits per heavy atom. The van der Waals surface area contributed by atoms with Gasteiger partial charge in [0.1, 0.15) is 12.0 Å². The highest BCUT2D eigenvalue weighted by Gasteiger charge is 2.12. The molecule has 6 nitrogen and oxygen atoms in total. The van der Waals surface area contributed by atoms with Crippen molar-refractivity contribution >= 4 is 17.8 Å². The van der Waals surface area contributed by atoms with Crippen LogP contribution >= 0.6 is 0 Å². The molecule has 0 aliphatic carbocycles. The third-order valence-electron chi connectivity index (χ3n) is 4.24. The Bertz CT molecular complexity index is 910. The van der Waals surface area contributed by atoms with Crippen LogP contribution in [-0.2, 0) is 6.42 Å². The fourth-order valence-corrected chi connectivity index (χ4v) is 2.70. The van der Waals surface area contributed by atoms with Gasteiger partial charge in [-0.05, 0) is 30.2 Å². The Morgan fingerprint density at radius 1 is 1.12 bits per heavy atom. The molecule has 0 unspecified atom stereocenters. The maximum Gasteiger partial charge on any atom is 0.169 e. The second-order valence-corrected chi connectivity index (χ2v) is 6.05. The molecule has 3 aromatic rings. The van der Waals surface area contributed by atoms with E-state index >= 15 is 0 Å². The van der Waals surface area contributed by atoms with Crippen molar-refractivity contribution < 1.29 is 9.90 Å². The number of nitrogens with two attached hydrogens (primary N) is 1. The van der Waals surface area contributed by atoms with E-state index < -0.39 is 0 Å². The largest absolute Gasteiger partial charge is 0.507 e. The predicted octanol–water partition coefficient (Wildman–Crippen LogP) is 2.92. The van der Waals surface area contributed by atoms with Gasteiger partial charge in [0, 0.05) is 24.7 Å². The minimum atomic E-state index is 0.149. The van der Waals surface area contributed by atoms with Gasteiger partial charge in [-0.1, -0.05) is 36.4 Å². The highest BCUT2D eigenvalue weighted by molar-refractivity contribution is 5.75. The van der Waals surface area contributed by atoms with Gasteiger partial charge in [0.2, 0.25) is 0 Å². The fraction of sp³-hybridized carbons (Fsp3) is 0.150. The van der Waals surface area contributed by atoms with Gasteiger partial charge in [-0.3, -0.25) is 4.79 Å². The van der Waals surface area contributed by atoms with Crippen LogP contribution in [0.2, 0.25) is 0 Å². The van der Waals surface area contributed by atoms with Crippen molar-refractivity contribution in [3.05, 3.63) is 65.7 Å². The lowest BCUT2D eigenvalue weighted by molar-refractivity contribution is 0.112. The molecule has 0 atom stereocenters. The topological polar surface area (TPSA) is 92.3 Å². The number of nitrogen functional groups attached to an aromatic ring is 1. The lowest BCUT2D eigenvalue weighted by Gasteiger charge is -2.21. The Labute approximate surface area is 151 Å². The van der Waals surface area contributed by atoms with Crippen LogP contribution in [0, 0.1) is 0 Å². The number of hydrogen-bond acceptors (Lipinski definition) is 6. The van der Waals surface area contributed by atoms with E-state index in [1.807, 2.05) is 36.2 Å². The zero-order valence-electron chi connectivity index (χ0n) is 14.5. The molecule has 1 heterocycles. The van der Waals surface area contributed by atoms with E-state index in [1.165, 1.54) is 0 Å². The maximum absolute atomic E-state index is 10.7. The molecule has 26 heavy (non-hydrogen) atoms. The van der Waals surface area contributed by atoms with E-state index in [2.05, 4.69) is 10.2 Å². The molecule has 1 aromatic heterocycles. The van der Waals surface area contributed by atoms with Gasteiger partial charge < -0.3 is 15.7 Å². The van der Waals surface area contributed by atoms with Gasteiger partial charge in [-0.15, -0.1) is 10.2 Å². The lowest BCUT2D eigenvalue weighted by atomic mass is 10.1. The molecule has 0 amide bonds. The first-order valence-electron chi connectivity index (χ1n) is 8.25. The number of anilines is 2. The summed E-state index contributed by atoms with van der Waals surface area (Å²) in [7, 11) is 1.93. The number of benzene rings is 2. The summed E-state index contributed by atoms with van der Waals surface area (Å²) in [6, 6.07) is 16.3.